The lowest BCUT2D eigenvalue weighted by atomic mass is 10.2. The monoisotopic (exact) mass is 469 g/mol. The smallest absolute Gasteiger partial charge is 0.243 e. The average molecular weight is 470 g/mol. The fourth-order valence-electron chi connectivity index (χ4n) is 3.11. The predicted molar refractivity (Wildman–Crippen MR) is 110 cm³/mol. The van der Waals surface area contributed by atoms with E-state index in [1.54, 1.807) is 24.3 Å². The van der Waals surface area contributed by atoms with Gasteiger partial charge in [-0.25, -0.2) is 12.8 Å². The molecule has 0 aromatic heterocycles. The van der Waals surface area contributed by atoms with E-state index >= 15 is 0 Å². The van der Waals surface area contributed by atoms with Crippen molar-refractivity contribution in [3.63, 3.8) is 0 Å². The van der Waals surface area contributed by atoms with Gasteiger partial charge in [0.15, 0.2) is 0 Å². The van der Waals surface area contributed by atoms with Crippen LogP contribution in [-0.2, 0) is 14.8 Å². The molecule has 2 aromatic carbocycles. The second-order valence-electron chi connectivity index (χ2n) is 6.59. The Morgan fingerprint density at radius 3 is 2.46 bits per heavy atom. The van der Waals surface area contributed by atoms with Gasteiger partial charge in [0.1, 0.15) is 11.5 Å². The summed E-state index contributed by atoms with van der Waals surface area (Å²) in [6, 6.07) is 10.8. The van der Waals surface area contributed by atoms with Gasteiger partial charge in [-0.05, 0) is 49.2 Å². The van der Waals surface area contributed by atoms with Gasteiger partial charge < -0.3 is 10.2 Å². The molecular weight excluding hydrogens is 449 g/mol. The number of likely N-dealkylation sites (N-methyl/N-ethyl adjacent to an activating group) is 1. The van der Waals surface area contributed by atoms with Crippen LogP contribution in [0, 0.1) is 5.82 Å². The highest BCUT2D eigenvalue weighted by atomic mass is 79.9. The van der Waals surface area contributed by atoms with Crippen molar-refractivity contribution in [2.45, 2.75) is 17.7 Å². The van der Waals surface area contributed by atoms with Crippen LogP contribution in [0.5, 0.6) is 0 Å². The van der Waals surface area contributed by atoms with E-state index in [0.29, 0.717) is 5.69 Å². The number of carbonyl (C=O) groups is 1. The Balaban J connectivity index is 1.74. The van der Waals surface area contributed by atoms with Crippen molar-refractivity contribution in [3.8, 4) is 0 Å². The summed E-state index contributed by atoms with van der Waals surface area (Å²) < 4.78 is 41.3. The van der Waals surface area contributed by atoms with Crippen LogP contribution in [0.4, 0.5) is 15.8 Å². The molecule has 6 nitrogen and oxygen atoms in total. The Kier molecular flexibility index (Phi) is 6.36. The lowest BCUT2D eigenvalue weighted by molar-refractivity contribution is -0.116. The van der Waals surface area contributed by atoms with Crippen LogP contribution in [0.3, 0.4) is 0 Å². The van der Waals surface area contributed by atoms with Gasteiger partial charge in [0, 0.05) is 24.6 Å². The first-order chi connectivity index (χ1) is 13.3. The maximum Gasteiger partial charge on any atom is 0.243 e. The summed E-state index contributed by atoms with van der Waals surface area (Å²) in [5, 5.41) is 2.55. The van der Waals surface area contributed by atoms with Gasteiger partial charge in [-0.1, -0.05) is 22.0 Å². The Morgan fingerprint density at radius 1 is 1.18 bits per heavy atom. The van der Waals surface area contributed by atoms with Crippen molar-refractivity contribution in [3.05, 3.63) is 52.8 Å². The first kappa shape index (κ1) is 20.8. The summed E-state index contributed by atoms with van der Waals surface area (Å²) >= 11 is 3.26. The SMILES string of the molecule is CN(CC(=O)Nc1c(F)cccc1N1CCCC1)S(=O)(=O)c1ccc(Br)cc1. The van der Waals surface area contributed by atoms with Gasteiger partial charge >= 0.3 is 0 Å². The Morgan fingerprint density at radius 2 is 1.82 bits per heavy atom. The van der Waals surface area contributed by atoms with Crippen LogP contribution in [0.1, 0.15) is 12.8 Å². The molecule has 0 unspecified atom stereocenters. The molecule has 1 saturated heterocycles. The Labute approximate surface area is 172 Å². The van der Waals surface area contributed by atoms with Crippen LogP contribution in [0.2, 0.25) is 0 Å². The number of carbonyl (C=O) groups excluding carboxylic acids is 1. The topological polar surface area (TPSA) is 69.7 Å². The van der Waals surface area contributed by atoms with Gasteiger partial charge in [0.05, 0.1) is 17.1 Å². The molecule has 28 heavy (non-hydrogen) atoms. The molecular formula is C19H21BrFN3O3S. The molecule has 0 saturated carbocycles. The molecule has 9 heteroatoms. The van der Waals surface area contributed by atoms with Gasteiger partial charge in [-0.2, -0.15) is 4.31 Å². The third-order valence-electron chi connectivity index (χ3n) is 4.59. The zero-order valence-corrected chi connectivity index (χ0v) is 17.8. The van der Waals surface area contributed by atoms with Crippen LogP contribution in [-0.4, -0.2) is 45.3 Å². The number of nitrogens with one attached hydrogen (secondary N) is 1. The van der Waals surface area contributed by atoms with Crippen molar-refractivity contribution in [2.24, 2.45) is 0 Å². The van der Waals surface area contributed by atoms with Crippen molar-refractivity contribution in [1.82, 2.24) is 4.31 Å². The molecule has 150 valence electrons. The normalized spacial score (nSPS) is 14.5. The van der Waals surface area contributed by atoms with Gasteiger partial charge in [0.2, 0.25) is 15.9 Å². The van der Waals surface area contributed by atoms with Gasteiger partial charge in [-0.15, -0.1) is 0 Å². The summed E-state index contributed by atoms with van der Waals surface area (Å²) in [4.78, 5) is 14.6. The fraction of sp³-hybridized carbons (Fsp3) is 0.316. The second kappa shape index (κ2) is 8.59. The van der Waals surface area contributed by atoms with Crippen LogP contribution in [0.15, 0.2) is 51.8 Å². The Bertz CT molecular complexity index is 961. The molecule has 0 aliphatic carbocycles. The maximum atomic E-state index is 14.4. The number of amides is 1. The highest BCUT2D eigenvalue weighted by Gasteiger charge is 2.25. The van der Waals surface area contributed by atoms with E-state index in [9.17, 15) is 17.6 Å². The quantitative estimate of drug-likeness (QED) is 0.703. The summed E-state index contributed by atoms with van der Waals surface area (Å²) in [6.07, 6.45) is 2.02. The van der Waals surface area contributed by atoms with Crippen LogP contribution in [0.25, 0.3) is 0 Å². The minimum absolute atomic E-state index is 0.0784. The standard InChI is InChI=1S/C19H21BrFN3O3S/c1-23(28(26,27)15-9-7-14(20)8-10-15)13-18(25)22-19-16(21)5-4-6-17(19)24-11-2-3-12-24/h4-10H,2-3,11-13H2,1H3,(H,22,25). The van der Waals surface area contributed by atoms with Crippen molar-refractivity contribution < 1.29 is 17.6 Å². The van der Waals surface area contributed by atoms with Crippen LogP contribution < -0.4 is 10.2 Å². The Hall–Kier alpha value is -1.97. The first-order valence-electron chi connectivity index (χ1n) is 8.84. The summed E-state index contributed by atoms with van der Waals surface area (Å²) in [6.45, 7) is 1.17. The van der Waals surface area contributed by atoms with E-state index in [2.05, 4.69) is 21.2 Å². The summed E-state index contributed by atoms with van der Waals surface area (Å²) in [5.74, 6) is -1.15. The molecule has 1 fully saturated rings. The zero-order chi connectivity index (χ0) is 20.3. The van der Waals surface area contributed by atoms with Crippen LogP contribution >= 0.6 is 15.9 Å². The first-order valence-corrected chi connectivity index (χ1v) is 11.1. The molecule has 0 spiro atoms. The summed E-state index contributed by atoms with van der Waals surface area (Å²) in [7, 11) is -2.51. The van der Waals surface area contributed by atoms with Crippen molar-refractivity contribution in [2.75, 3.05) is 36.9 Å². The number of anilines is 2. The number of rotatable bonds is 6. The number of hydrogen-bond acceptors (Lipinski definition) is 4. The van der Waals surface area contributed by atoms with E-state index in [0.717, 1.165) is 34.7 Å². The number of hydrogen-bond donors (Lipinski definition) is 1. The number of nitrogens with zero attached hydrogens (tertiary/aromatic N) is 2. The van der Waals surface area contributed by atoms with E-state index < -0.39 is 28.3 Å². The molecule has 1 N–H and O–H groups in total. The van der Waals surface area contributed by atoms with Crippen molar-refractivity contribution >= 4 is 43.2 Å². The maximum absolute atomic E-state index is 14.4. The minimum Gasteiger partial charge on any atom is -0.370 e. The predicted octanol–water partition coefficient (Wildman–Crippen LogP) is 3.45. The number of sulfonamides is 1. The molecule has 3 rings (SSSR count). The van der Waals surface area contributed by atoms with E-state index in [1.807, 2.05) is 4.90 Å². The lowest BCUT2D eigenvalue weighted by Crippen LogP contribution is -2.35. The third kappa shape index (κ3) is 4.53. The second-order valence-corrected chi connectivity index (χ2v) is 9.55. The minimum atomic E-state index is -3.83. The fourth-order valence-corrected chi connectivity index (χ4v) is 4.50. The lowest BCUT2D eigenvalue weighted by Gasteiger charge is -2.23. The third-order valence-corrected chi connectivity index (χ3v) is 6.94. The molecule has 1 heterocycles. The summed E-state index contributed by atoms with van der Waals surface area (Å²) in [5.41, 5.74) is 0.702. The molecule has 0 radical (unpaired) electrons. The highest BCUT2D eigenvalue weighted by molar-refractivity contribution is 9.10. The van der Waals surface area contributed by atoms with Gasteiger partial charge in [0.25, 0.3) is 0 Å². The van der Waals surface area contributed by atoms with E-state index in [-0.39, 0.29) is 10.6 Å². The largest absolute Gasteiger partial charge is 0.370 e. The molecule has 1 aliphatic rings. The van der Waals surface area contributed by atoms with Gasteiger partial charge in [-0.3, -0.25) is 4.79 Å². The zero-order valence-electron chi connectivity index (χ0n) is 15.4. The molecule has 0 bridgehead atoms. The molecule has 1 aliphatic heterocycles. The molecule has 2 aromatic rings. The average Bonchev–Trinajstić information content (AvgIpc) is 3.18. The molecule has 0 atom stereocenters. The van der Waals surface area contributed by atoms with E-state index in [4.69, 9.17) is 0 Å². The number of benzene rings is 2. The molecule has 1 amide bonds. The number of halogens is 2. The van der Waals surface area contributed by atoms with Crippen molar-refractivity contribution in [1.29, 1.82) is 0 Å². The highest BCUT2D eigenvalue weighted by Crippen LogP contribution is 2.31. The number of para-hydroxylation sites is 1. The van der Waals surface area contributed by atoms with E-state index in [1.165, 1.54) is 25.2 Å².